The van der Waals surface area contributed by atoms with Crippen molar-refractivity contribution >= 4 is 5.69 Å². The van der Waals surface area contributed by atoms with E-state index in [2.05, 4.69) is 4.98 Å². The highest BCUT2D eigenvalue weighted by Crippen LogP contribution is 2.27. The second kappa shape index (κ2) is 5.30. The molecule has 0 aliphatic carbocycles. The van der Waals surface area contributed by atoms with Crippen molar-refractivity contribution in [3.8, 4) is 5.88 Å². The van der Waals surface area contributed by atoms with Gasteiger partial charge in [0.1, 0.15) is 5.69 Å². The summed E-state index contributed by atoms with van der Waals surface area (Å²) in [6.07, 6.45) is -0.590. The molecule has 1 unspecified atom stereocenters. The van der Waals surface area contributed by atoms with Crippen LogP contribution in [0.1, 0.15) is 26.5 Å². The van der Waals surface area contributed by atoms with Gasteiger partial charge in [-0.25, -0.2) is 4.98 Å². The van der Waals surface area contributed by atoms with E-state index in [-0.39, 0.29) is 23.2 Å². The first-order valence-electron chi connectivity index (χ1n) is 5.62. The van der Waals surface area contributed by atoms with Crippen molar-refractivity contribution in [3.05, 3.63) is 27.9 Å². The fourth-order valence-electron chi connectivity index (χ4n) is 1.39. The molecule has 0 saturated carbocycles. The van der Waals surface area contributed by atoms with Crippen LogP contribution in [0.4, 0.5) is 5.69 Å². The predicted molar refractivity (Wildman–Crippen MR) is 66.6 cm³/mol. The second-order valence-electron chi connectivity index (χ2n) is 5.16. The lowest BCUT2D eigenvalue weighted by molar-refractivity contribution is -0.386. The van der Waals surface area contributed by atoms with Crippen molar-refractivity contribution in [1.29, 1.82) is 0 Å². The SMILES string of the molecule is COc1ccc([N+](=O)[O-])c(CC(O)C(C)(C)C)n1. The highest BCUT2D eigenvalue weighted by molar-refractivity contribution is 5.38. The van der Waals surface area contributed by atoms with Gasteiger partial charge in [0, 0.05) is 18.6 Å². The Kier molecular flexibility index (Phi) is 4.24. The minimum Gasteiger partial charge on any atom is -0.481 e. The lowest BCUT2D eigenvalue weighted by Gasteiger charge is -2.25. The van der Waals surface area contributed by atoms with Crippen LogP contribution in [-0.4, -0.2) is 28.2 Å². The molecule has 100 valence electrons. The van der Waals surface area contributed by atoms with E-state index >= 15 is 0 Å². The number of aliphatic hydroxyl groups excluding tert-OH is 1. The molecule has 0 radical (unpaired) electrons. The predicted octanol–water partition coefficient (Wildman–Crippen LogP) is 1.95. The average molecular weight is 254 g/mol. The van der Waals surface area contributed by atoms with E-state index in [1.807, 2.05) is 20.8 Å². The second-order valence-corrected chi connectivity index (χ2v) is 5.16. The van der Waals surface area contributed by atoms with Gasteiger partial charge in [-0.1, -0.05) is 20.8 Å². The number of ether oxygens (including phenoxy) is 1. The Labute approximate surface area is 106 Å². The Hall–Kier alpha value is -1.69. The summed E-state index contributed by atoms with van der Waals surface area (Å²) in [5.41, 5.74) is -0.223. The average Bonchev–Trinajstić information content (AvgIpc) is 2.27. The number of aromatic nitrogens is 1. The van der Waals surface area contributed by atoms with Gasteiger partial charge in [0.25, 0.3) is 5.69 Å². The number of hydrogen-bond acceptors (Lipinski definition) is 5. The zero-order valence-electron chi connectivity index (χ0n) is 11.0. The summed E-state index contributed by atoms with van der Waals surface area (Å²) in [7, 11) is 1.44. The van der Waals surface area contributed by atoms with Gasteiger partial charge in [0.05, 0.1) is 18.1 Å². The van der Waals surface area contributed by atoms with Crippen LogP contribution in [0.2, 0.25) is 0 Å². The lowest BCUT2D eigenvalue weighted by Crippen LogP contribution is -2.28. The molecule has 0 amide bonds. The quantitative estimate of drug-likeness (QED) is 0.655. The molecule has 1 rings (SSSR count). The maximum Gasteiger partial charge on any atom is 0.291 e. The highest BCUT2D eigenvalue weighted by Gasteiger charge is 2.27. The molecule has 0 saturated heterocycles. The molecule has 0 fully saturated rings. The molecule has 0 aromatic carbocycles. The molecule has 0 aliphatic rings. The van der Waals surface area contributed by atoms with Gasteiger partial charge in [-0.2, -0.15) is 0 Å². The zero-order chi connectivity index (χ0) is 13.9. The number of hydrogen-bond donors (Lipinski definition) is 1. The van der Waals surface area contributed by atoms with Gasteiger partial charge in [0.15, 0.2) is 0 Å². The first kappa shape index (κ1) is 14.4. The summed E-state index contributed by atoms with van der Waals surface area (Å²) in [5.74, 6) is 0.303. The normalized spacial score (nSPS) is 13.2. The Balaban J connectivity index is 3.08. The van der Waals surface area contributed by atoms with Crippen LogP contribution in [0.25, 0.3) is 0 Å². The van der Waals surface area contributed by atoms with Crippen molar-refractivity contribution < 1.29 is 14.8 Å². The van der Waals surface area contributed by atoms with Gasteiger partial charge in [0.2, 0.25) is 5.88 Å². The van der Waals surface area contributed by atoms with E-state index in [0.717, 1.165) is 0 Å². The number of pyridine rings is 1. The Morgan fingerprint density at radius 2 is 2.11 bits per heavy atom. The van der Waals surface area contributed by atoms with Crippen molar-refractivity contribution in [3.63, 3.8) is 0 Å². The van der Waals surface area contributed by atoms with Crippen LogP contribution in [0.5, 0.6) is 5.88 Å². The number of rotatable bonds is 4. The minimum absolute atomic E-state index is 0.0981. The highest BCUT2D eigenvalue weighted by atomic mass is 16.6. The molecule has 18 heavy (non-hydrogen) atoms. The van der Waals surface area contributed by atoms with Gasteiger partial charge in [-0.05, 0) is 5.41 Å². The molecule has 1 atom stereocenters. The van der Waals surface area contributed by atoms with Gasteiger partial charge in [-0.3, -0.25) is 10.1 Å². The zero-order valence-corrected chi connectivity index (χ0v) is 11.0. The maximum absolute atomic E-state index is 10.9. The van der Waals surface area contributed by atoms with Crippen LogP contribution in [0, 0.1) is 15.5 Å². The van der Waals surface area contributed by atoms with Crippen LogP contribution < -0.4 is 4.74 Å². The largest absolute Gasteiger partial charge is 0.481 e. The molecule has 0 spiro atoms. The smallest absolute Gasteiger partial charge is 0.291 e. The van der Waals surface area contributed by atoms with E-state index in [4.69, 9.17) is 4.74 Å². The molecular weight excluding hydrogens is 236 g/mol. The summed E-state index contributed by atoms with van der Waals surface area (Å²) in [6, 6.07) is 2.78. The number of methoxy groups -OCH3 is 1. The molecule has 1 aromatic heterocycles. The molecule has 0 bridgehead atoms. The first-order chi connectivity index (χ1) is 8.25. The first-order valence-corrected chi connectivity index (χ1v) is 5.62. The number of nitro groups is 1. The van der Waals surface area contributed by atoms with Gasteiger partial charge >= 0.3 is 0 Å². The fraction of sp³-hybridized carbons (Fsp3) is 0.583. The van der Waals surface area contributed by atoms with Crippen molar-refractivity contribution in [2.75, 3.05) is 7.11 Å². The molecule has 6 heteroatoms. The minimum atomic E-state index is -0.712. The standard InChI is InChI=1S/C12H18N2O4/c1-12(2,3)10(15)7-8-9(14(16)17)5-6-11(13-8)18-4/h5-6,10,15H,7H2,1-4H3. The van der Waals surface area contributed by atoms with Crippen molar-refractivity contribution in [2.45, 2.75) is 33.3 Å². The third-order valence-corrected chi connectivity index (χ3v) is 2.72. The van der Waals surface area contributed by atoms with Crippen molar-refractivity contribution in [1.82, 2.24) is 4.98 Å². The Morgan fingerprint density at radius 1 is 1.50 bits per heavy atom. The van der Waals surface area contributed by atoms with Gasteiger partial charge in [-0.15, -0.1) is 0 Å². The van der Waals surface area contributed by atoms with Crippen LogP contribution in [-0.2, 0) is 6.42 Å². The molecule has 1 N–H and O–H groups in total. The van der Waals surface area contributed by atoms with E-state index in [0.29, 0.717) is 5.88 Å². The molecule has 1 heterocycles. The number of aliphatic hydroxyl groups is 1. The third kappa shape index (κ3) is 3.40. The fourth-order valence-corrected chi connectivity index (χ4v) is 1.39. The van der Waals surface area contributed by atoms with Gasteiger partial charge < -0.3 is 9.84 Å². The Bertz CT molecular complexity index is 440. The summed E-state index contributed by atoms with van der Waals surface area (Å²) in [4.78, 5) is 14.4. The summed E-state index contributed by atoms with van der Waals surface area (Å²) < 4.78 is 4.94. The van der Waals surface area contributed by atoms with Crippen LogP contribution >= 0.6 is 0 Å². The Morgan fingerprint density at radius 3 is 2.56 bits per heavy atom. The summed E-state index contributed by atoms with van der Waals surface area (Å²) >= 11 is 0. The van der Waals surface area contributed by atoms with E-state index in [9.17, 15) is 15.2 Å². The molecular formula is C12H18N2O4. The van der Waals surface area contributed by atoms with Crippen LogP contribution in [0.15, 0.2) is 12.1 Å². The van der Waals surface area contributed by atoms with E-state index in [1.165, 1.54) is 19.2 Å². The maximum atomic E-state index is 10.9. The molecule has 6 nitrogen and oxygen atoms in total. The third-order valence-electron chi connectivity index (χ3n) is 2.72. The molecule has 0 aliphatic heterocycles. The van der Waals surface area contributed by atoms with E-state index in [1.54, 1.807) is 0 Å². The monoisotopic (exact) mass is 254 g/mol. The summed E-state index contributed by atoms with van der Waals surface area (Å²) in [6.45, 7) is 5.59. The topological polar surface area (TPSA) is 85.5 Å². The molecule has 1 aromatic rings. The number of nitrogens with zero attached hydrogens (tertiary/aromatic N) is 2. The van der Waals surface area contributed by atoms with Crippen LogP contribution in [0.3, 0.4) is 0 Å². The summed E-state index contributed by atoms with van der Waals surface area (Å²) in [5, 5.41) is 20.9. The lowest BCUT2D eigenvalue weighted by atomic mass is 9.86. The van der Waals surface area contributed by atoms with Crippen molar-refractivity contribution in [2.24, 2.45) is 5.41 Å². The van der Waals surface area contributed by atoms with E-state index < -0.39 is 11.0 Å².